The highest BCUT2D eigenvalue weighted by molar-refractivity contribution is 9.09. The zero-order valence-corrected chi connectivity index (χ0v) is 10.2. The predicted octanol–water partition coefficient (Wildman–Crippen LogP) is 1.47. The molecule has 1 fully saturated rings. The Kier molecular flexibility index (Phi) is 3.53. The van der Waals surface area contributed by atoms with E-state index in [-0.39, 0.29) is 12.2 Å². The zero-order valence-electron chi connectivity index (χ0n) is 8.64. The Balaban J connectivity index is 2.09. The summed E-state index contributed by atoms with van der Waals surface area (Å²) >= 11 is 3.45. The van der Waals surface area contributed by atoms with E-state index in [1.54, 1.807) is 12.5 Å². The Morgan fingerprint density at radius 1 is 1.60 bits per heavy atom. The Hall–Kier alpha value is -0.680. The monoisotopic (exact) mass is 271 g/mol. The van der Waals surface area contributed by atoms with Crippen molar-refractivity contribution in [2.24, 2.45) is 0 Å². The number of aromatic nitrogens is 2. The van der Waals surface area contributed by atoms with E-state index in [9.17, 15) is 0 Å². The fraction of sp³-hybridized carbons (Fsp3) is 0.600. The molecule has 0 bridgehead atoms. The first-order valence-corrected chi connectivity index (χ1v) is 6.14. The molecule has 2 heterocycles. The van der Waals surface area contributed by atoms with Gasteiger partial charge >= 0.3 is 0 Å². The van der Waals surface area contributed by atoms with Gasteiger partial charge in [0.15, 0.2) is 0 Å². The molecule has 5 heteroatoms. The van der Waals surface area contributed by atoms with Crippen LogP contribution < -0.4 is 4.90 Å². The second-order valence-corrected chi connectivity index (χ2v) is 4.34. The van der Waals surface area contributed by atoms with Gasteiger partial charge in [0.2, 0.25) is 0 Å². The highest BCUT2D eigenvalue weighted by Crippen LogP contribution is 2.18. The molecule has 0 spiro atoms. The van der Waals surface area contributed by atoms with Crippen LogP contribution in [0, 0.1) is 0 Å². The molecule has 82 valence electrons. The minimum absolute atomic E-state index is 0.240. The third kappa shape index (κ3) is 2.66. The summed E-state index contributed by atoms with van der Waals surface area (Å²) in [6.07, 6.45) is 3.84. The molecule has 0 radical (unpaired) electrons. The molecule has 1 saturated heterocycles. The van der Waals surface area contributed by atoms with Gasteiger partial charge in [-0.25, -0.2) is 9.97 Å². The van der Waals surface area contributed by atoms with Gasteiger partial charge in [-0.3, -0.25) is 0 Å². The summed E-state index contributed by atoms with van der Waals surface area (Å²) < 4.78 is 5.76. The van der Waals surface area contributed by atoms with E-state index < -0.39 is 0 Å². The standard InChI is InChI=1S/C10H14BrN3O/c1-8-5-14(6-9(4-11)15-8)10-2-3-12-7-13-10/h2-3,7-9H,4-6H2,1H3. The van der Waals surface area contributed by atoms with Gasteiger partial charge in [-0.15, -0.1) is 0 Å². The Labute approximate surface area is 97.8 Å². The summed E-state index contributed by atoms with van der Waals surface area (Å²) in [7, 11) is 0. The van der Waals surface area contributed by atoms with Gasteiger partial charge in [-0.2, -0.15) is 0 Å². The maximum atomic E-state index is 5.76. The third-order valence-corrected chi connectivity index (χ3v) is 3.11. The summed E-state index contributed by atoms with van der Waals surface area (Å²) in [5.41, 5.74) is 0. The Bertz CT molecular complexity index is 309. The lowest BCUT2D eigenvalue weighted by atomic mass is 10.2. The van der Waals surface area contributed by atoms with E-state index in [1.165, 1.54) is 0 Å². The van der Waals surface area contributed by atoms with E-state index in [0.717, 1.165) is 24.2 Å². The quantitative estimate of drug-likeness (QED) is 0.764. The van der Waals surface area contributed by atoms with Crippen LogP contribution in [0.2, 0.25) is 0 Å². The van der Waals surface area contributed by atoms with Crippen molar-refractivity contribution in [3.8, 4) is 0 Å². The van der Waals surface area contributed by atoms with Crippen molar-refractivity contribution < 1.29 is 4.74 Å². The normalized spacial score (nSPS) is 26.7. The molecular formula is C10H14BrN3O. The molecule has 0 aromatic carbocycles. The smallest absolute Gasteiger partial charge is 0.132 e. The van der Waals surface area contributed by atoms with Crippen LogP contribution in [0.15, 0.2) is 18.6 Å². The lowest BCUT2D eigenvalue weighted by Gasteiger charge is -2.36. The SMILES string of the molecule is CC1CN(c2ccncn2)CC(CBr)O1. The van der Waals surface area contributed by atoms with E-state index in [2.05, 4.69) is 37.7 Å². The van der Waals surface area contributed by atoms with Gasteiger partial charge in [-0.1, -0.05) is 15.9 Å². The van der Waals surface area contributed by atoms with Crippen LogP contribution in [0.4, 0.5) is 5.82 Å². The van der Waals surface area contributed by atoms with Crippen molar-refractivity contribution in [1.82, 2.24) is 9.97 Å². The minimum Gasteiger partial charge on any atom is -0.371 e. The molecule has 15 heavy (non-hydrogen) atoms. The number of rotatable bonds is 2. The first kappa shape index (κ1) is 10.8. The number of nitrogens with zero attached hydrogens (tertiary/aromatic N) is 3. The second kappa shape index (κ2) is 4.90. The summed E-state index contributed by atoms with van der Waals surface area (Å²) in [6.45, 7) is 3.86. The molecule has 0 N–H and O–H groups in total. The van der Waals surface area contributed by atoms with Crippen LogP contribution in [0.3, 0.4) is 0 Å². The van der Waals surface area contributed by atoms with Gasteiger partial charge in [0.1, 0.15) is 12.1 Å². The van der Waals surface area contributed by atoms with Gasteiger partial charge in [0.05, 0.1) is 12.2 Å². The van der Waals surface area contributed by atoms with Crippen LogP contribution >= 0.6 is 15.9 Å². The largest absolute Gasteiger partial charge is 0.371 e. The topological polar surface area (TPSA) is 38.2 Å². The highest BCUT2D eigenvalue weighted by atomic mass is 79.9. The zero-order chi connectivity index (χ0) is 10.7. The molecule has 1 aliphatic heterocycles. The second-order valence-electron chi connectivity index (χ2n) is 3.70. The number of anilines is 1. The first-order valence-electron chi connectivity index (χ1n) is 5.02. The summed E-state index contributed by atoms with van der Waals surface area (Å²) in [5.74, 6) is 0.978. The average Bonchev–Trinajstić information content (AvgIpc) is 2.29. The van der Waals surface area contributed by atoms with Crippen LogP contribution in [0.1, 0.15) is 6.92 Å². The molecule has 0 aliphatic carbocycles. The van der Waals surface area contributed by atoms with Crippen LogP contribution in [-0.2, 0) is 4.74 Å². The minimum atomic E-state index is 0.240. The van der Waals surface area contributed by atoms with E-state index in [4.69, 9.17) is 4.74 Å². The number of ether oxygens (including phenoxy) is 1. The molecule has 4 nitrogen and oxygen atoms in total. The first-order chi connectivity index (χ1) is 7.29. The average molecular weight is 272 g/mol. The van der Waals surface area contributed by atoms with Crippen molar-refractivity contribution in [1.29, 1.82) is 0 Å². The summed E-state index contributed by atoms with van der Waals surface area (Å²) in [6, 6.07) is 1.93. The molecule has 1 aliphatic rings. The third-order valence-electron chi connectivity index (χ3n) is 2.39. The lowest BCUT2D eigenvalue weighted by Crippen LogP contribution is -2.47. The fourth-order valence-corrected chi connectivity index (χ4v) is 2.15. The maximum Gasteiger partial charge on any atom is 0.132 e. The number of hydrogen-bond donors (Lipinski definition) is 0. The maximum absolute atomic E-state index is 5.76. The summed E-state index contributed by atoms with van der Waals surface area (Å²) in [4.78, 5) is 10.4. The molecule has 0 amide bonds. The van der Waals surface area contributed by atoms with Gasteiger partial charge < -0.3 is 9.64 Å². The molecular weight excluding hydrogens is 258 g/mol. The van der Waals surface area contributed by atoms with Crippen molar-refractivity contribution in [3.63, 3.8) is 0 Å². The number of alkyl halides is 1. The molecule has 2 atom stereocenters. The van der Waals surface area contributed by atoms with Gasteiger partial charge in [0.25, 0.3) is 0 Å². The van der Waals surface area contributed by atoms with Gasteiger partial charge in [-0.05, 0) is 13.0 Å². The number of hydrogen-bond acceptors (Lipinski definition) is 4. The number of morpholine rings is 1. The Morgan fingerprint density at radius 3 is 3.13 bits per heavy atom. The lowest BCUT2D eigenvalue weighted by molar-refractivity contribution is -0.00223. The van der Waals surface area contributed by atoms with E-state index in [0.29, 0.717) is 0 Å². The van der Waals surface area contributed by atoms with Crippen LogP contribution in [-0.4, -0.2) is 40.6 Å². The van der Waals surface area contributed by atoms with Crippen molar-refractivity contribution >= 4 is 21.7 Å². The molecule has 2 unspecified atom stereocenters. The molecule has 1 aromatic rings. The Morgan fingerprint density at radius 2 is 2.47 bits per heavy atom. The van der Waals surface area contributed by atoms with Gasteiger partial charge in [0, 0.05) is 24.6 Å². The van der Waals surface area contributed by atoms with Crippen molar-refractivity contribution in [2.75, 3.05) is 23.3 Å². The highest BCUT2D eigenvalue weighted by Gasteiger charge is 2.24. The van der Waals surface area contributed by atoms with Crippen LogP contribution in [0.25, 0.3) is 0 Å². The van der Waals surface area contributed by atoms with E-state index in [1.807, 2.05) is 6.07 Å². The fourth-order valence-electron chi connectivity index (χ4n) is 1.79. The predicted molar refractivity (Wildman–Crippen MR) is 62.4 cm³/mol. The van der Waals surface area contributed by atoms with Crippen molar-refractivity contribution in [3.05, 3.63) is 18.6 Å². The summed E-state index contributed by atoms with van der Waals surface area (Å²) in [5, 5.41) is 0.860. The van der Waals surface area contributed by atoms with Crippen LogP contribution in [0.5, 0.6) is 0 Å². The number of halogens is 1. The van der Waals surface area contributed by atoms with Crippen molar-refractivity contribution in [2.45, 2.75) is 19.1 Å². The van der Waals surface area contributed by atoms with E-state index >= 15 is 0 Å². The molecule has 1 aromatic heterocycles. The molecule has 2 rings (SSSR count). The molecule has 0 saturated carbocycles.